The normalized spacial score (nSPS) is 33.2. The summed E-state index contributed by atoms with van der Waals surface area (Å²) in [6.07, 6.45) is 8.21. The van der Waals surface area contributed by atoms with Crippen LogP contribution in [0, 0.1) is 25.7 Å². The number of carbonyl (C=O) groups excluding carboxylic acids is 3. The van der Waals surface area contributed by atoms with E-state index in [1.807, 2.05) is 63.3 Å². The van der Waals surface area contributed by atoms with Crippen molar-refractivity contribution in [2.75, 3.05) is 24.7 Å². The van der Waals surface area contributed by atoms with Gasteiger partial charge in [-0.05, 0) is 31.4 Å². The lowest BCUT2D eigenvalue weighted by Crippen LogP contribution is -2.56. The van der Waals surface area contributed by atoms with Crippen LogP contribution in [0.2, 0.25) is 0 Å². The molecule has 2 saturated heterocycles. The van der Waals surface area contributed by atoms with Crippen LogP contribution < -0.4 is 4.90 Å². The summed E-state index contributed by atoms with van der Waals surface area (Å²) >= 11 is 1.52. The van der Waals surface area contributed by atoms with Gasteiger partial charge in [-0.3, -0.25) is 14.4 Å². The number of ether oxygens (including phenoxy) is 1. The lowest BCUT2D eigenvalue weighted by Gasteiger charge is -2.38. The predicted octanol–water partition coefficient (Wildman–Crippen LogP) is 2.39. The number of benzene rings is 1. The third-order valence-corrected chi connectivity index (χ3v) is 9.38. The molecule has 2 fully saturated rings. The second-order valence-corrected chi connectivity index (χ2v) is 11.0. The topological polar surface area (TPSA) is 87.2 Å². The number of aliphatic hydroxyl groups is 1. The van der Waals surface area contributed by atoms with Gasteiger partial charge in [0.15, 0.2) is 0 Å². The van der Waals surface area contributed by atoms with Crippen molar-refractivity contribution >= 4 is 35.2 Å². The molecule has 0 radical (unpaired) electrons. The number of carbonyl (C=O) groups is 3. The van der Waals surface area contributed by atoms with E-state index in [0.717, 1.165) is 16.8 Å². The summed E-state index contributed by atoms with van der Waals surface area (Å²) in [7, 11) is 0. The fraction of sp³-hybridized carbons (Fsp3) is 0.500. The summed E-state index contributed by atoms with van der Waals surface area (Å²) < 4.78 is 4.49. The number of amides is 2. The standard InChI is InChI=1S/C26H30N2O5S/c1-4-17(14-29)28-22-24(31)27(21-15(2)8-5-9-16(21)3)12-7-11-26(22)20(23(28)30)19-18(34-26)10-6-13-33-25(19)32/h5-11,17-20,22,29H,4,12-14H2,1-3H3/t17-,18+,19-,20-,22?,26-/m0/s1. The van der Waals surface area contributed by atoms with Crippen molar-refractivity contribution < 1.29 is 24.2 Å². The van der Waals surface area contributed by atoms with Crippen LogP contribution >= 0.6 is 11.8 Å². The van der Waals surface area contributed by atoms with Crippen molar-refractivity contribution in [3.8, 4) is 0 Å². The minimum absolute atomic E-state index is 0.175. The molecule has 0 saturated carbocycles. The molecule has 0 aromatic heterocycles. The lowest BCUT2D eigenvalue weighted by molar-refractivity contribution is -0.152. The Bertz CT molecular complexity index is 1080. The van der Waals surface area contributed by atoms with Crippen molar-refractivity contribution in [2.45, 2.75) is 49.3 Å². The number of para-hydroxylation sites is 1. The highest BCUT2D eigenvalue weighted by Crippen LogP contribution is 2.61. The highest BCUT2D eigenvalue weighted by Gasteiger charge is 2.71. The summed E-state index contributed by atoms with van der Waals surface area (Å²) in [5, 5.41) is 9.92. The van der Waals surface area contributed by atoms with E-state index in [9.17, 15) is 19.5 Å². The van der Waals surface area contributed by atoms with E-state index < -0.39 is 34.6 Å². The zero-order chi connectivity index (χ0) is 24.2. The first-order valence-corrected chi connectivity index (χ1v) is 12.7. The van der Waals surface area contributed by atoms with E-state index in [4.69, 9.17) is 4.74 Å². The van der Waals surface area contributed by atoms with E-state index >= 15 is 0 Å². The fourth-order valence-corrected chi connectivity index (χ4v) is 8.14. The van der Waals surface area contributed by atoms with Gasteiger partial charge in [-0.25, -0.2) is 0 Å². The van der Waals surface area contributed by atoms with Crippen LogP contribution in [0.3, 0.4) is 0 Å². The number of nitrogens with zero attached hydrogens (tertiary/aromatic N) is 2. The van der Waals surface area contributed by atoms with Gasteiger partial charge in [0.25, 0.3) is 5.91 Å². The molecule has 4 aliphatic rings. The maximum Gasteiger partial charge on any atom is 0.311 e. The molecule has 2 amide bonds. The molecule has 6 atom stereocenters. The van der Waals surface area contributed by atoms with Gasteiger partial charge in [-0.1, -0.05) is 49.4 Å². The molecule has 1 aromatic rings. The van der Waals surface area contributed by atoms with Gasteiger partial charge in [0.1, 0.15) is 12.6 Å². The van der Waals surface area contributed by atoms with E-state index in [1.165, 1.54) is 11.8 Å². The van der Waals surface area contributed by atoms with Crippen LogP contribution in [-0.4, -0.2) is 69.6 Å². The highest BCUT2D eigenvalue weighted by atomic mass is 32.2. The van der Waals surface area contributed by atoms with Gasteiger partial charge in [0, 0.05) is 17.5 Å². The molecule has 1 N–H and O–H groups in total. The maximum absolute atomic E-state index is 14.4. The average molecular weight is 483 g/mol. The van der Waals surface area contributed by atoms with Crippen molar-refractivity contribution in [3.63, 3.8) is 0 Å². The molecule has 1 aromatic carbocycles. The summed E-state index contributed by atoms with van der Waals surface area (Å²) in [4.78, 5) is 44.7. The zero-order valence-corrected chi connectivity index (χ0v) is 20.5. The van der Waals surface area contributed by atoms with Crippen LogP contribution in [0.15, 0.2) is 42.5 Å². The first-order chi connectivity index (χ1) is 16.4. The first kappa shape index (κ1) is 23.2. The quantitative estimate of drug-likeness (QED) is 0.524. The number of aliphatic hydroxyl groups excluding tert-OH is 1. The highest BCUT2D eigenvalue weighted by molar-refractivity contribution is 8.02. The number of hydrogen-bond donors (Lipinski definition) is 1. The van der Waals surface area contributed by atoms with E-state index in [0.29, 0.717) is 13.0 Å². The molecule has 4 heterocycles. The summed E-state index contributed by atoms with van der Waals surface area (Å²) in [6.45, 7) is 6.18. The van der Waals surface area contributed by atoms with Crippen LogP contribution in [0.4, 0.5) is 5.69 Å². The van der Waals surface area contributed by atoms with Gasteiger partial charge in [-0.2, -0.15) is 0 Å². The first-order valence-electron chi connectivity index (χ1n) is 11.8. The second kappa shape index (κ2) is 8.57. The van der Waals surface area contributed by atoms with Gasteiger partial charge < -0.3 is 19.6 Å². The van der Waals surface area contributed by atoms with Crippen molar-refractivity contribution in [2.24, 2.45) is 11.8 Å². The molecule has 180 valence electrons. The zero-order valence-electron chi connectivity index (χ0n) is 19.6. The molecule has 8 heteroatoms. The van der Waals surface area contributed by atoms with Crippen molar-refractivity contribution in [1.29, 1.82) is 0 Å². The average Bonchev–Trinajstić information content (AvgIpc) is 3.11. The Kier molecular flexibility index (Phi) is 5.84. The molecule has 5 rings (SSSR count). The molecule has 0 aliphatic carbocycles. The van der Waals surface area contributed by atoms with Crippen LogP contribution in [-0.2, 0) is 19.1 Å². The minimum atomic E-state index is -0.905. The third kappa shape index (κ3) is 3.18. The number of fused-ring (bicyclic) bond motifs is 2. The Morgan fingerprint density at radius 3 is 2.59 bits per heavy atom. The smallest absolute Gasteiger partial charge is 0.311 e. The number of thioether (sulfide) groups is 1. The second-order valence-electron chi connectivity index (χ2n) is 9.48. The minimum Gasteiger partial charge on any atom is -0.461 e. The predicted molar refractivity (Wildman–Crippen MR) is 130 cm³/mol. The number of cyclic esters (lactones) is 1. The molecule has 34 heavy (non-hydrogen) atoms. The number of aryl methyl sites for hydroxylation is 2. The Morgan fingerprint density at radius 1 is 1.18 bits per heavy atom. The van der Waals surface area contributed by atoms with Crippen LogP contribution in [0.5, 0.6) is 0 Å². The van der Waals surface area contributed by atoms with Crippen LogP contribution in [0.1, 0.15) is 24.5 Å². The van der Waals surface area contributed by atoms with Crippen LogP contribution in [0.25, 0.3) is 0 Å². The Morgan fingerprint density at radius 2 is 1.91 bits per heavy atom. The molecule has 7 nitrogen and oxygen atoms in total. The van der Waals surface area contributed by atoms with Gasteiger partial charge in [0.2, 0.25) is 5.91 Å². The van der Waals surface area contributed by atoms with Crippen molar-refractivity contribution in [1.82, 2.24) is 4.90 Å². The molecule has 0 bridgehead atoms. The largest absolute Gasteiger partial charge is 0.461 e. The Labute approximate surface area is 203 Å². The third-order valence-electron chi connectivity index (χ3n) is 7.64. The van der Waals surface area contributed by atoms with Gasteiger partial charge >= 0.3 is 5.97 Å². The number of likely N-dealkylation sites (tertiary alicyclic amines) is 1. The number of rotatable bonds is 4. The molecule has 1 spiro atoms. The lowest BCUT2D eigenvalue weighted by atomic mass is 9.78. The van der Waals surface area contributed by atoms with E-state index in [2.05, 4.69) is 0 Å². The van der Waals surface area contributed by atoms with E-state index in [1.54, 1.807) is 9.80 Å². The Balaban J connectivity index is 1.68. The molecular formula is C26H30N2O5S. The summed E-state index contributed by atoms with van der Waals surface area (Å²) in [5.74, 6) is -2.20. The van der Waals surface area contributed by atoms with Crippen molar-refractivity contribution in [3.05, 3.63) is 53.6 Å². The number of esters is 1. The summed E-state index contributed by atoms with van der Waals surface area (Å²) in [6, 6.07) is 4.59. The molecular weight excluding hydrogens is 452 g/mol. The maximum atomic E-state index is 14.4. The molecule has 4 aliphatic heterocycles. The van der Waals surface area contributed by atoms with E-state index in [-0.39, 0.29) is 30.3 Å². The van der Waals surface area contributed by atoms with Gasteiger partial charge in [-0.15, -0.1) is 11.8 Å². The fourth-order valence-electron chi connectivity index (χ4n) is 6.15. The summed E-state index contributed by atoms with van der Waals surface area (Å²) in [5.41, 5.74) is 2.81. The number of hydrogen-bond acceptors (Lipinski definition) is 6. The Hall–Kier alpha value is -2.58. The SMILES string of the molecule is CC[C@@H](CO)N1C(=O)[C@@H]2[C@H]3C(=O)OCC=C[C@H]3S[C@@]23C=CCN(c2c(C)cccc2C)C(=O)C13. The number of anilines is 1. The monoisotopic (exact) mass is 482 g/mol. The van der Waals surface area contributed by atoms with Gasteiger partial charge in [0.05, 0.1) is 29.2 Å². The molecule has 1 unspecified atom stereocenters.